The first-order valence-corrected chi connectivity index (χ1v) is 8.36. The number of hydrogen-bond acceptors (Lipinski definition) is 3. The highest BCUT2D eigenvalue weighted by molar-refractivity contribution is 5.90. The number of nitrogens with zero attached hydrogens (tertiary/aromatic N) is 2. The van der Waals surface area contributed by atoms with Crippen LogP contribution in [0.15, 0.2) is 0 Å². The van der Waals surface area contributed by atoms with Crippen LogP contribution in [0.1, 0.15) is 50.3 Å². The van der Waals surface area contributed by atoms with Crippen molar-refractivity contribution in [2.24, 2.45) is 5.92 Å². The molecule has 2 aliphatic rings. The Morgan fingerprint density at radius 3 is 2.59 bits per heavy atom. The molecule has 4 nitrogen and oxygen atoms in total. The van der Waals surface area contributed by atoms with Gasteiger partial charge in [-0.3, -0.25) is 0 Å². The molecule has 0 radical (unpaired) electrons. The molecule has 4 rings (SSSR count). The van der Waals surface area contributed by atoms with Gasteiger partial charge in [-0.2, -0.15) is 0 Å². The number of aryl methyl sites for hydroxylation is 1. The predicted molar refractivity (Wildman–Crippen MR) is 90.0 cm³/mol. The Bertz CT molecular complexity index is 777. The number of anilines is 1. The van der Waals surface area contributed by atoms with Crippen molar-refractivity contribution in [1.29, 1.82) is 0 Å². The Morgan fingerprint density at radius 1 is 1.14 bits per heavy atom. The summed E-state index contributed by atoms with van der Waals surface area (Å²) < 4.78 is 8.56. The molecular formula is C18H25N3O. The molecule has 0 spiro atoms. The van der Waals surface area contributed by atoms with Crippen LogP contribution in [0.3, 0.4) is 0 Å². The van der Waals surface area contributed by atoms with Gasteiger partial charge in [0.2, 0.25) is 5.95 Å². The summed E-state index contributed by atoms with van der Waals surface area (Å²) in [6.07, 6.45) is 0.234. The van der Waals surface area contributed by atoms with Crippen LogP contribution in [-0.2, 0) is 6.54 Å². The second-order valence-corrected chi connectivity index (χ2v) is 7.26. The first kappa shape index (κ1) is 13.9. The van der Waals surface area contributed by atoms with Gasteiger partial charge in [-0.1, -0.05) is 13.8 Å². The third-order valence-corrected chi connectivity index (χ3v) is 5.87. The maximum Gasteiger partial charge on any atom is 0.204 e. The molecule has 2 aromatic rings. The number of benzene rings is 1. The number of nitrogens with one attached hydrogen (secondary N) is 1. The van der Waals surface area contributed by atoms with E-state index in [9.17, 15) is 0 Å². The van der Waals surface area contributed by atoms with E-state index in [-0.39, 0.29) is 6.10 Å². The highest BCUT2D eigenvalue weighted by Gasteiger charge is 2.36. The third-order valence-electron chi connectivity index (χ3n) is 5.87. The molecule has 4 unspecified atom stereocenters. The van der Waals surface area contributed by atoms with E-state index in [0.29, 0.717) is 17.9 Å². The number of ether oxygens (including phenoxy) is 1. The van der Waals surface area contributed by atoms with Crippen LogP contribution >= 0.6 is 0 Å². The van der Waals surface area contributed by atoms with Gasteiger partial charge in [0, 0.05) is 24.1 Å². The minimum atomic E-state index is 0.234. The molecule has 0 fully saturated rings. The smallest absolute Gasteiger partial charge is 0.204 e. The van der Waals surface area contributed by atoms with Crippen molar-refractivity contribution in [3.05, 3.63) is 16.7 Å². The molecule has 2 aliphatic heterocycles. The van der Waals surface area contributed by atoms with Crippen LogP contribution in [0.2, 0.25) is 0 Å². The molecule has 1 aromatic carbocycles. The molecule has 4 heteroatoms. The predicted octanol–water partition coefficient (Wildman–Crippen LogP) is 3.99. The zero-order chi connectivity index (χ0) is 15.8. The minimum absolute atomic E-state index is 0.234. The van der Waals surface area contributed by atoms with Crippen LogP contribution < -0.4 is 10.1 Å². The Morgan fingerprint density at radius 2 is 1.86 bits per heavy atom. The van der Waals surface area contributed by atoms with E-state index in [1.807, 2.05) is 0 Å². The summed E-state index contributed by atoms with van der Waals surface area (Å²) >= 11 is 0. The monoisotopic (exact) mass is 299 g/mol. The third kappa shape index (κ3) is 1.61. The van der Waals surface area contributed by atoms with E-state index in [4.69, 9.17) is 9.72 Å². The SMILES string of the molecule is Cc1c2c(c3c(nc4n3CC(C)C(C)N4)c1C)C(C)C(C)O2. The van der Waals surface area contributed by atoms with Crippen LogP contribution in [-0.4, -0.2) is 21.7 Å². The van der Waals surface area contributed by atoms with E-state index in [2.05, 4.69) is 51.4 Å². The van der Waals surface area contributed by atoms with Gasteiger partial charge in [0.15, 0.2) is 0 Å². The van der Waals surface area contributed by atoms with Gasteiger partial charge in [0.05, 0.1) is 11.0 Å². The van der Waals surface area contributed by atoms with Crippen LogP contribution in [0.25, 0.3) is 11.0 Å². The summed E-state index contributed by atoms with van der Waals surface area (Å²) in [6.45, 7) is 14.3. The first-order valence-electron chi connectivity index (χ1n) is 8.36. The fourth-order valence-corrected chi connectivity index (χ4v) is 3.82. The fourth-order valence-electron chi connectivity index (χ4n) is 3.82. The van der Waals surface area contributed by atoms with Gasteiger partial charge in [-0.25, -0.2) is 4.98 Å². The van der Waals surface area contributed by atoms with Crippen LogP contribution in [0.5, 0.6) is 5.75 Å². The minimum Gasteiger partial charge on any atom is -0.489 e. The average Bonchev–Trinajstić information content (AvgIpc) is 2.96. The summed E-state index contributed by atoms with van der Waals surface area (Å²) in [7, 11) is 0. The van der Waals surface area contributed by atoms with Gasteiger partial charge in [-0.15, -0.1) is 0 Å². The molecular weight excluding hydrogens is 274 g/mol. The van der Waals surface area contributed by atoms with Crippen molar-refractivity contribution in [3.8, 4) is 5.75 Å². The lowest BCUT2D eigenvalue weighted by Gasteiger charge is -2.29. The summed E-state index contributed by atoms with van der Waals surface area (Å²) in [4.78, 5) is 4.93. The molecule has 22 heavy (non-hydrogen) atoms. The normalized spacial score (nSPS) is 29.9. The summed E-state index contributed by atoms with van der Waals surface area (Å²) in [5, 5.41) is 3.57. The van der Waals surface area contributed by atoms with Crippen molar-refractivity contribution in [2.45, 2.75) is 66.2 Å². The molecule has 1 N–H and O–H groups in total. The lowest BCUT2D eigenvalue weighted by atomic mass is 9.93. The molecule has 0 saturated heterocycles. The Labute approximate surface area is 131 Å². The van der Waals surface area contributed by atoms with Gasteiger partial charge in [-0.05, 0) is 44.7 Å². The molecule has 118 valence electrons. The van der Waals surface area contributed by atoms with E-state index in [1.54, 1.807) is 0 Å². The van der Waals surface area contributed by atoms with Gasteiger partial charge in [0.25, 0.3) is 0 Å². The number of hydrogen-bond donors (Lipinski definition) is 1. The molecule has 4 atom stereocenters. The van der Waals surface area contributed by atoms with Crippen LogP contribution in [0.4, 0.5) is 5.95 Å². The van der Waals surface area contributed by atoms with Gasteiger partial charge < -0.3 is 14.6 Å². The van der Waals surface area contributed by atoms with E-state index >= 15 is 0 Å². The number of aromatic nitrogens is 2. The highest BCUT2D eigenvalue weighted by Crippen LogP contribution is 2.47. The molecule has 0 amide bonds. The fraction of sp³-hybridized carbons (Fsp3) is 0.611. The summed E-state index contributed by atoms with van der Waals surface area (Å²) in [5.74, 6) is 3.12. The second-order valence-electron chi connectivity index (χ2n) is 7.26. The van der Waals surface area contributed by atoms with E-state index in [0.717, 1.165) is 23.8 Å². The lowest BCUT2D eigenvalue weighted by molar-refractivity contribution is 0.231. The molecule has 0 bridgehead atoms. The standard InChI is InChI=1S/C18H25N3O/c1-8-7-21-16-14-11(4)13(6)22-17(14)10(3)9(2)15(16)20-18(21)19-12(8)5/h8,11-13H,7H2,1-6H3,(H,19,20). The number of fused-ring (bicyclic) bond motifs is 5. The van der Waals surface area contributed by atoms with E-state index < -0.39 is 0 Å². The zero-order valence-electron chi connectivity index (χ0n) is 14.3. The maximum atomic E-state index is 6.19. The van der Waals surface area contributed by atoms with Crippen molar-refractivity contribution >= 4 is 17.0 Å². The lowest BCUT2D eigenvalue weighted by Crippen LogP contribution is -2.33. The Balaban J connectivity index is 2.08. The Hall–Kier alpha value is -1.71. The van der Waals surface area contributed by atoms with Crippen LogP contribution in [0, 0.1) is 19.8 Å². The Kier molecular flexibility index (Phi) is 2.78. The molecule has 3 heterocycles. The second kappa shape index (κ2) is 4.40. The van der Waals surface area contributed by atoms with Crippen molar-refractivity contribution in [3.63, 3.8) is 0 Å². The van der Waals surface area contributed by atoms with E-state index in [1.165, 1.54) is 22.2 Å². The maximum absolute atomic E-state index is 6.19. The first-order chi connectivity index (χ1) is 10.4. The highest BCUT2D eigenvalue weighted by atomic mass is 16.5. The largest absolute Gasteiger partial charge is 0.489 e. The number of imidazole rings is 1. The molecule has 0 aliphatic carbocycles. The number of rotatable bonds is 0. The molecule has 0 saturated carbocycles. The van der Waals surface area contributed by atoms with Gasteiger partial charge >= 0.3 is 0 Å². The molecule has 1 aromatic heterocycles. The quantitative estimate of drug-likeness (QED) is 0.799. The van der Waals surface area contributed by atoms with Crippen molar-refractivity contribution in [2.75, 3.05) is 5.32 Å². The van der Waals surface area contributed by atoms with Crippen molar-refractivity contribution in [1.82, 2.24) is 9.55 Å². The average molecular weight is 299 g/mol. The van der Waals surface area contributed by atoms with Gasteiger partial charge in [0.1, 0.15) is 11.9 Å². The zero-order valence-corrected chi connectivity index (χ0v) is 14.3. The summed E-state index contributed by atoms with van der Waals surface area (Å²) in [5.41, 5.74) is 6.28. The van der Waals surface area contributed by atoms with Crippen molar-refractivity contribution < 1.29 is 4.74 Å². The summed E-state index contributed by atoms with van der Waals surface area (Å²) in [6, 6.07) is 0.464. The topological polar surface area (TPSA) is 39.1 Å².